The first-order chi connectivity index (χ1) is 17.8. The highest BCUT2D eigenvalue weighted by Gasteiger charge is 2.55. The zero-order valence-corrected chi connectivity index (χ0v) is 21.9. The van der Waals surface area contributed by atoms with Crippen LogP contribution in [0.3, 0.4) is 0 Å². The summed E-state index contributed by atoms with van der Waals surface area (Å²) in [6.07, 6.45) is 6.82. The zero-order chi connectivity index (χ0) is 25.7. The summed E-state index contributed by atoms with van der Waals surface area (Å²) < 4.78 is 21.5. The van der Waals surface area contributed by atoms with Crippen LogP contribution in [0.4, 0.5) is 5.00 Å². The normalized spacial score (nSPS) is 26.7. The lowest BCUT2D eigenvalue weighted by molar-refractivity contribution is -0.172. The molecule has 4 bridgehead atoms. The van der Waals surface area contributed by atoms with E-state index >= 15 is 0 Å². The quantitative estimate of drug-likeness (QED) is 0.515. The number of benzene rings is 1. The van der Waals surface area contributed by atoms with Crippen molar-refractivity contribution in [2.75, 3.05) is 25.8 Å². The molecule has 9 heteroatoms. The van der Waals surface area contributed by atoms with Crippen molar-refractivity contribution in [1.29, 1.82) is 0 Å². The van der Waals surface area contributed by atoms with E-state index in [4.69, 9.17) is 18.9 Å². The number of nitrogens with one attached hydrogen (secondary N) is 1. The molecule has 0 spiro atoms. The maximum atomic E-state index is 13.1. The van der Waals surface area contributed by atoms with Gasteiger partial charge >= 0.3 is 11.9 Å². The van der Waals surface area contributed by atoms with Crippen LogP contribution >= 0.6 is 11.3 Å². The third-order valence-electron chi connectivity index (χ3n) is 8.47. The molecule has 0 radical (unpaired) electrons. The molecule has 4 fully saturated rings. The van der Waals surface area contributed by atoms with Gasteiger partial charge in [-0.05, 0) is 92.9 Å². The number of carbonyl (C=O) groups is 3. The molecular weight excluding hydrogens is 494 g/mol. The highest BCUT2D eigenvalue weighted by Crippen LogP contribution is 2.60. The van der Waals surface area contributed by atoms with Crippen LogP contribution in [0, 0.1) is 30.1 Å². The number of methoxy groups -OCH3 is 1. The van der Waals surface area contributed by atoms with Crippen LogP contribution in [0.1, 0.15) is 64.9 Å². The molecule has 1 aliphatic heterocycles. The first-order valence-corrected chi connectivity index (χ1v) is 13.7. The molecule has 2 aromatic rings. The average Bonchev–Trinajstić information content (AvgIpc) is 3.45. The van der Waals surface area contributed by atoms with Crippen LogP contribution in [0.5, 0.6) is 11.5 Å². The van der Waals surface area contributed by atoms with Gasteiger partial charge in [-0.25, -0.2) is 4.79 Å². The molecular formula is C28H31NO7S. The second-order valence-electron chi connectivity index (χ2n) is 11.0. The molecule has 1 aromatic heterocycles. The molecule has 0 atom stereocenters. The monoisotopic (exact) mass is 525 g/mol. The fraction of sp³-hybridized carbons (Fsp3) is 0.536. The Kier molecular flexibility index (Phi) is 6.13. The smallest absolute Gasteiger partial charge is 0.341 e. The number of carbonyl (C=O) groups excluding carboxylic acids is 3. The van der Waals surface area contributed by atoms with E-state index in [0.29, 0.717) is 46.2 Å². The van der Waals surface area contributed by atoms with E-state index in [0.717, 1.165) is 35.3 Å². The Morgan fingerprint density at radius 1 is 1.05 bits per heavy atom. The number of esters is 2. The topological polar surface area (TPSA) is 100 Å². The summed E-state index contributed by atoms with van der Waals surface area (Å²) in [4.78, 5) is 39.6. The summed E-state index contributed by atoms with van der Waals surface area (Å²) in [5.74, 6) is 1.99. The lowest BCUT2D eigenvalue weighted by Crippen LogP contribution is -2.50. The average molecular weight is 526 g/mol. The van der Waals surface area contributed by atoms with Crippen molar-refractivity contribution < 1.29 is 33.3 Å². The maximum Gasteiger partial charge on any atom is 0.341 e. The maximum absolute atomic E-state index is 13.1. The number of hydrogen-bond donors (Lipinski definition) is 1. The van der Waals surface area contributed by atoms with E-state index in [2.05, 4.69) is 5.32 Å². The minimum atomic E-state index is -0.527. The van der Waals surface area contributed by atoms with Crippen LogP contribution in [0.15, 0.2) is 18.2 Å². The van der Waals surface area contributed by atoms with Gasteiger partial charge in [0.2, 0.25) is 6.79 Å². The lowest BCUT2D eigenvalue weighted by Gasteiger charge is -2.55. The van der Waals surface area contributed by atoms with Crippen molar-refractivity contribution in [3.05, 3.63) is 39.8 Å². The van der Waals surface area contributed by atoms with Crippen molar-refractivity contribution in [2.24, 2.45) is 23.2 Å². The summed E-state index contributed by atoms with van der Waals surface area (Å²) in [6.45, 7) is 1.73. The van der Waals surface area contributed by atoms with Crippen molar-refractivity contribution in [3.63, 3.8) is 0 Å². The van der Waals surface area contributed by atoms with Gasteiger partial charge in [0.05, 0.1) is 18.1 Å². The third-order valence-corrected chi connectivity index (χ3v) is 9.54. The number of amides is 1. The highest BCUT2D eigenvalue weighted by atomic mass is 32.1. The summed E-state index contributed by atoms with van der Waals surface area (Å²) in [5, 5.41) is 3.20. The van der Waals surface area contributed by atoms with Crippen LogP contribution in [0.25, 0.3) is 0 Å². The van der Waals surface area contributed by atoms with Crippen LogP contribution < -0.4 is 14.8 Å². The van der Waals surface area contributed by atoms with Crippen molar-refractivity contribution in [3.8, 4) is 11.5 Å². The van der Waals surface area contributed by atoms with Gasteiger partial charge in [-0.1, -0.05) is 6.07 Å². The second kappa shape index (κ2) is 9.35. The highest BCUT2D eigenvalue weighted by molar-refractivity contribution is 7.16. The summed E-state index contributed by atoms with van der Waals surface area (Å²) in [6, 6.07) is 5.66. The molecule has 8 nitrogen and oxygen atoms in total. The standard InChI is InChI=1S/C28H31NO7S/c1-15-20(8-16-3-4-21-22(9-16)36-14-35-21)24(26(31)33-2)25(37-15)29-23(30)13-34-27(32)28-10-17-5-18(11-28)7-19(6-17)12-28/h3-4,9,17-19H,5-8,10-14H2,1-2H3,(H,29,30). The molecule has 5 aliphatic rings. The second-order valence-corrected chi connectivity index (χ2v) is 12.2. The van der Waals surface area contributed by atoms with E-state index in [-0.39, 0.29) is 19.4 Å². The molecule has 1 aromatic carbocycles. The molecule has 2 heterocycles. The number of rotatable bonds is 7. The first-order valence-electron chi connectivity index (χ1n) is 12.9. The Morgan fingerprint density at radius 2 is 1.73 bits per heavy atom. The fourth-order valence-electron chi connectivity index (χ4n) is 7.26. The summed E-state index contributed by atoms with van der Waals surface area (Å²) >= 11 is 1.31. The number of ether oxygens (including phenoxy) is 4. The Bertz CT molecular complexity index is 1230. The number of hydrogen-bond acceptors (Lipinski definition) is 8. The molecule has 7 rings (SSSR count). The number of thiophene rings is 1. The van der Waals surface area contributed by atoms with E-state index in [1.54, 1.807) is 0 Å². The van der Waals surface area contributed by atoms with E-state index in [1.807, 2.05) is 25.1 Å². The van der Waals surface area contributed by atoms with Crippen molar-refractivity contribution >= 4 is 34.2 Å². The molecule has 37 heavy (non-hydrogen) atoms. The predicted molar refractivity (Wildman–Crippen MR) is 136 cm³/mol. The Morgan fingerprint density at radius 3 is 2.41 bits per heavy atom. The molecule has 1 N–H and O–H groups in total. The first kappa shape index (κ1) is 24.3. The predicted octanol–water partition coefficient (Wildman–Crippen LogP) is 4.86. The van der Waals surface area contributed by atoms with Crippen molar-refractivity contribution in [2.45, 2.75) is 51.9 Å². The molecule has 4 saturated carbocycles. The molecule has 1 amide bonds. The van der Waals surface area contributed by atoms with Gasteiger partial charge in [-0.3, -0.25) is 9.59 Å². The largest absolute Gasteiger partial charge is 0.465 e. The van der Waals surface area contributed by atoms with Gasteiger partial charge in [0, 0.05) is 4.88 Å². The van der Waals surface area contributed by atoms with Crippen LogP contribution in [0.2, 0.25) is 0 Å². The van der Waals surface area contributed by atoms with Gasteiger partial charge in [0.15, 0.2) is 18.1 Å². The van der Waals surface area contributed by atoms with Crippen LogP contribution in [-0.4, -0.2) is 38.4 Å². The summed E-state index contributed by atoms with van der Waals surface area (Å²) in [7, 11) is 1.32. The molecule has 196 valence electrons. The number of anilines is 1. The van der Waals surface area contributed by atoms with E-state index in [9.17, 15) is 14.4 Å². The van der Waals surface area contributed by atoms with E-state index in [1.165, 1.54) is 37.7 Å². The molecule has 4 aliphatic carbocycles. The Hall–Kier alpha value is -3.07. The fourth-order valence-corrected chi connectivity index (χ4v) is 8.34. The minimum absolute atomic E-state index is 0.188. The van der Waals surface area contributed by atoms with Crippen LogP contribution in [-0.2, 0) is 25.5 Å². The van der Waals surface area contributed by atoms with Gasteiger partial charge in [0.1, 0.15) is 5.00 Å². The zero-order valence-electron chi connectivity index (χ0n) is 21.1. The van der Waals surface area contributed by atoms with E-state index < -0.39 is 17.3 Å². The van der Waals surface area contributed by atoms with Crippen molar-refractivity contribution in [1.82, 2.24) is 0 Å². The van der Waals surface area contributed by atoms with Gasteiger partial charge in [0.25, 0.3) is 5.91 Å². The lowest BCUT2D eigenvalue weighted by atomic mass is 9.49. The number of aryl methyl sites for hydroxylation is 1. The van der Waals surface area contributed by atoms with Gasteiger partial charge < -0.3 is 24.3 Å². The number of fused-ring (bicyclic) bond motifs is 1. The van der Waals surface area contributed by atoms with Gasteiger partial charge in [-0.15, -0.1) is 11.3 Å². The Labute approximate surface area is 219 Å². The molecule has 0 saturated heterocycles. The molecule has 0 unspecified atom stereocenters. The minimum Gasteiger partial charge on any atom is -0.465 e. The SMILES string of the molecule is COC(=O)c1c(NC(=O)COC(=O)C23CC4CC(CC(C4)C2)C3)sc(C)c1Cc1ccc2c(c1)OCO2. The third kappa shape index (κ3) is 4.47. The van der Waals surface area contributed by atoms with Gasteiger partial charge in [-0.2, -0.15) is 0 Å². The summed E-state index contributed by atoms with van der Waals surface area (Å²) in [5.41, 5.74) is 1.63. The Balaban J connectivity index is 1.15.